The molecule has 0 saturated heterocycles. The van der Waals surface area contributed by atoms with Gasteiger partial charge in [-0.05, 0) is 66.7 Å². The number of hydrogen-bond acceptors (Lipinski definition) is 3. The van der Waals surface area contributed by atoms with Gasteiger partial charge in [-0.25, -0.2) is 8.78 Å². The zero-order valence-corrected chi connectivity index (χ0v) is 13.7. The molecule has 3 aromatic rings. The van der Waals surface area contributed by atoms with Crippen molar-refractivity contribution in [2.45, 2.75) is 0 Å². The molecule has 0 heterocycles. The Bertz CT molecular complexity index is 930. The molecule has 0 fully saturated rings. The SMILES string of the molecule is C=C=C(c1ccc(O)c(F)c1)N(c1ccc(O)cc1)c1ccc(F)cc1. The summed E-state index contributed by atoms with van der Waals surface area (Å²) in [6.45, 7) is 3.68. The van der Waals surface area contributed by atoms with Crippen molar-refractivity contribution in [3.63, 3.8) is 0 Å². The highest BCUT2D eigenvalue weighted by molar-refractivity contribution is 5.87. The van der Waals surface area contributed by atoms with Crippen LogP contribution >= 0.6 is 0 Å². The van der Waals surface area contributed by atoms with Crippen LogP contribution < -0.4 is 4.90 Å². The monoisotopic (exact) mass is 351 g/mol. The van der Waals surface area contributed by atoms with Crippen molar-refractivity contribution in [3.8, 4) is 11.5 Å². The summed E-state index contributed by atoms with van der Waals surface area (Å²) in [6.07, 6.45) is 0. The molecule has 0 aliphatic carbocycles. The van der Waals surface area contributed by atoms with Gasteiger partial charge in [-0.3, -0.25) is 0 Å². The molecule has 0 aromatic heterocycles. The van der Waals surface area contributed by atoms with Gasteiger partial charge in [-0.2, -0.15) is 0 Å². The Kier molecular flexibility index (Phi) is 4.74. The molecule has 3 rings (SSSR count). The molecule has 0 amide bonds. The van der Waals surface area contributed by atoms with Crippen LogP contribution in [-0.2, 0) is 0 Å². The first-order valence-electron chi connectivity index (χ1n) is 7.73. The van der Waals surface area contributed by atoms with Crippen molar-refractivity contribution in [1.82, 2.24) is 0 Å². The molecule has 0 bridgehead atoms. The minimum atomic E-state index is -0.778. The molecular formula is C21H15F2NO2. The van der Waals surface area contributed by atoms with Gasteiger partial charge in [0.05, 0.1) is 5.70 Å². The van der Waals surface area contributed by atoms with Crippen molar-refractivity contribution in [2.75, 3.05) is 4.90 Å². The molecule has 0 spiro atoms. The van der Waals surface area contributed by atoms with Gasteiger partial charge >= 0.3 is 0 Å². The normalized spacial score (nSPS) is 10.2. The van der Waals surface area contributed by atoms with E-state index in [4.69, 9.17) is 0 Å². The van der Waals surface area contributed by atoms with Crippen LogP contribution in [0.3, 0.4) is 0 Å². The van der Waals surface area contributed by atoms with E-state index in [9.17, 15) is 19.0 Å². The Morgan fingerprint density at radius 3 is 1.96 bits per heavy atom. The zero-order valence-electron chi connectivity index (χ0n) is 13.7. The Balaban J connectivity index is 2.17. The second-order valence-electron chi connectivity index (χ2n) is 5.52. The first-order chi connectivity index (χ1) is 12.5. The van der Waals surface area contributed by atoms with Gasteiger partial charge in [0.15, 0.2) is 11.6 Å². The van der Waals surface area contributed by atoms with E-state index in [1.165, 1.54) is 42.5 Å². The molecule has 3 aromatic carbocycles. The van der Waals surface area contributed by atoms with Crippen LogP contribution in [0.25, 0.3) is 5.70 Å². The third-order valence-corrected chi connectivity index (χ3v) is 3.80. The van der Waals surface area contributed by atoms with E-state index in [0.717, 1.165) is 0 Å². The van der Waals surface area contributed by atoms with E-state index in [-0.39, 0.29) is 11.6 Å². The molecule has 0 saturated carbocycles. The van der Waals surface area contributed by atoms with Gasteiger partial charge in [0.1, 0.15) is 11.6 Å². The molecule has 0 atom stereocenters. The summed E-state index contributed by atoms with van der Waals surface area (Å²) in [7, 11) is 0. The lowest BCUT2D eigenvalue weighted by Crippen LogP contribution is -2.15. The van der Waals surface area contributed by atoms with E-state index in [1.54, 1.807) is 29.2 Å². The highest BCUT2D eigenvalue weighted by Crippen LogP contribution is 2.35. The van der Waals surface area contributed by atoms with E-state index in [0.29, 0.717) is 22.6 Å². The van der Waals surface area contributed by atoms with Crippen LogP contribution in [0.15, 0.2) is 79.0 Å². The van der Waals surface area contributed by atoms with E-state index >= 15 is 0 Å². The number of aromatic hydroxyl groups is 2. The van der Waals surface area contributed by atoms with Crippen molar-refractivity contribution in [1.29, 1.82) is 0 Å². The van der Waals surface area contributed by atoms with Crippen molar-refractivity contribution >= 4 is 17.1 Å². The Hall–Kier alpha value is -3.56. The number of rotatable bonds is 4. The second-order valence-corrected chi connectivity index (χ2v) is 5.52. The van der Waals surface area contributed by atoms with Crippen LogP contribution in [0.4, 0.5) is 20.2 Å². The summed E-state index contributed by atoms with van der Waals surface area (Å²) < 4.78 is 27.2. The fourth-order valence-corrected chi connectivity index (χ4v) is 2.56. The van der Waals surface area contributed by atoms with Gasteiger partial charge in [0.2, 0.25) is 0 Å². The number of hydrogen-bond donors (Lipinski definition) is 2. The lowest BCUT2D eigenvalue weighted by Gasteiger charge is -2.27. The maximum atomic E-state index is 13.8. The average Bonchev–Trinajstić information content (AvgIpc) is 2.64. The third kappa shape index (κ3) is 3.43. The predicted octanol–water partition coefficient (Wildman–Crippen LogP) is 5.34. The topological polar surface area (TPSA) is 43.7 Å². The first kappa shape index (κ1) is 17.3. The molecule has 5 heteroatoms. The van der Waals surface area contributed by atoms with Crippen molar-refractivity contribution in [2.24, 2.45) is 0 Å². The molecular weight excluding hydrogens is 336 g/mol. The van der Waals surface area contributed by atoms with Crippen LogP contribution in [0.2, 0.25) is 0 Å². The van der Waals surface area contributed by atoms with Crippen LogP contribution in [0.1, 0.15) is 5.56 Å². The summed E-state index contributed by atoms with van der Waals surface area (Å²) in [5, 5.41) is 19.0. The van der Waals surface area contributed by atoms with Gasteiger partial charge < -0.3 is 15.1 Å². The van der Waals surface area contributed by atoms with E-state index in [1.807, 2.05) is 0 Å². The highest BCUT2D eigenvalue weighted by atomic mass is 19.1. The van der Waals surface area contributed by atoms with E-state index < -0.39 is 11.6 Å². The minimum Gasteiger partial charge on any atom is -0.508 e. The minimum absolute atomic E-state index is 0.0904. The predicted molar refractivity (Wildman–Crippen MR) is 97.3 cm³/mol. The number of benzene rings is 3. The standard InChI is InChI=1S/C21H15F2NO2/c1-2-20(14-3-12-21(26)19(23)13-14)24(16-6-4-15(22)5-7-16)17-8-10-18(25)11-9-17/h3-13,25-26H,1H2. The number of phenols is 2. The molecule has 0 aliphatic heterocycles. The number of halogens is 2. The Morgan fingerprint density at radius 2 is 1.42 bits per heavy atom. The smallest absolute Gasteiger partial charge is 0.165 e. The van der Waals surface area contributed by atoms with Crippen LogP contribution in [0.5, 0.6) is 11.5 Å². The maximum Gasteiger partial charge on any atom is 0.165 e. The third-order valence-electron chi connectivity index (χ3n) is 3.80. The average molecular weight is 351 g/mol. The molecule has 0 aliphatic rings. The van der Waals surface area contributed by atoms with Crippen molar-refractivity contribution in [3.05, 3.63) is 96.2 Å². The first-order valence-corrected chi connectivity index (χ1v) is 7.73. The fraction of sp³-hybridized carbons (Fsp3) is 0. The fourth-order valence-electron chi connectivity index (χ4n) is 2.56. The Morgan fingerprint density at radius 1 is 0.846 bits per heavy atom. The van der Waals surface area contributed by atoms with Crippen LogP contribution in [-0.4, -0.2) is 10.2 Å². The summed E-state index contributed by atoms with van der Waals surface area (Å²) >= 11 is 0. The lowest BCUT2D eigenvalue weighted by molar-refractivity contribution is 0.432. The number of anilines is 2. The summed E-state index contributed by atoms with van der Waals surface area (Å²) in [5.74, 6) is -1.54. The number of nitrogens with zero attached hydrogens (tertiary/aromatic N) is 1. The molecule has 26 heavy (non-hydrogen) atoms. The molecule has 130 valence electrons. The maximum absolute atomic E-state index is 13.8. The van der Waals surface area contributed by atoms with Gasteiger partial charge in [0, 0.05) is 16.9 Å². The lowest BCUT2D eigenvalue weighted by atomic mass is 10.1. The van der Waals surface area contributed by atoms with Gasteiger partial charge in [-0.1, -0.05) is 6.58 Å². The van der Waals surface area contributed by atoms with Crippen LogP contribution in [0, 0.1) is 11.6 Å². The molecule has 3 nitrogen and oxygen atoms in total. The largest absolute Gasteiger partial charge is 0.508 e. The summed E-state index contributed by atoms with van der Waals surface area (Å²) in [5.41, 5.74) is 4.83. The summed E-state index contributed by atoms with van der Waals surface area (Å²) in [6, 6.07) is 16.0. The van der Waals surface area contributed by atoms with Crippen molar-refractivity contribution < 1.29 is 19.0 Å². The Labute approximate surface area is 149 Å². The summed E-state index contributed by atoms with van der Waals surface area (Å²) in [4.78, 5) is 1.69. The molecule has 0 radical (unpaired) electrons. The number of phenolic OH excluding ortho intramolecular Hbond substituents is 2. The zero-order chi connectivity index (χ0) is 18.7. The highest BCUT2D eigenvalue weighted by Gasteiger charge is 2.18. The second kappa shape index (κ2) is 7.13. The molecule has 0 unspecified atom stereocenters. The molecule has 2 N–H and O–H groups in total. The quantitative estimate of drug-likeness (QED) is 0.624. The van der Waals surface area contributed by atoms with Gasteiger partial charge in [0.25, 0.3) is 0 Å². The van der Waals surface area contributed by atoms with Gasteiger partial charge in [-0.15, -0.1) is 5.73 Å². The van der Waals surface area contributed by atoms with E-state index in [2.05, 4.69) is 12.3 Å².